The van der Waals surface area contributed by atoms with Crippen LogP contribution in [0.5, 0.6) is 5.75 Å². The zero-order valence-corrected chi connectivity index (χ0v) is 12.5. The molecule has 0 aliphatic carbocycles. The lowest BCUT2D eigenvalue weighted by Gasteiger charge is -2.09. The number of nitro groups is 1. The second-order valence-electron chi connectivity index (χ2n) is 3.98. The van der Waals surface area contributed by atoms with Gasteiger partial charge in [0, 0.05) is 36.9 Å². The first kappa shape index (κ1) is 16.7. The van der Waals surface area contributed by atoms with Crippen LogP contribution in [0.25, 0.3) is 0 Å². The number of benzene rings is 1. The third kappa shape index (κ3) is 4.32. The fourth-order valence-electron chi connectivity index (χ4n) is 1.56. The van der Waals surface area contributed by atoms with Crippen molar-refractivity contribution in [2.24, 2.45) is 0 Å². The maximum atomic E-state index is 11.3. The van der Waals surface area contributed by atoms with Crippen LogP contribution in [0.2, 0.25) is 0 Å². The van der Waals surface area contributed by atoms with Crippen LogP contribution in [0.3, 0.4) is 0 Å². The highest BCUT2D eigenvalue weighted by molar-refractivity contribution is 8.13. The van der Waals surface area contributed by atoms with Gasteiger partial charge in [0.05, 0.1) is 16.4 Å². The third-order valence-electron chi connectivity index (χ3n) is 2.47. The van der Waals surface area contributed by atoms with Crippen molar-refractivity contribution in [2.75, 3.05) is 20.3 Å². The van der Waals surface area contributed by atoms with Crippen molar-refractivity contribution < 1.29 is 22.8 Å². The lowest BCUT2D eigenvalue weighted by atomic mass is 10.2. The summed E-state index contributed by atoms with van der Waals surface area (Å²) in [6.07, 6.45) is 0.558. The molecule has 0 fully saturated rings. The second kappa shape index (κ2) is 6.87. The maximum absolute atomic E-state index is 11.3. The van der Waals surface area contributed by atoms with E-state index >= 15 is 0 Å². The molecular formula is C11H14ClNO6S. The van der Waals surface area contributed by atoms with Gasteiger partial charge in [0.2, 0.25) is 0 Å². The molecular weight excluding hydrogens is 310 g/mol. The zero-order valence-electron chi connectivity index (χ0n) is 11.0. The Morgan fingerprint density at radius 3 is 2.50 bits per heavy atom. The summed E-state index contributed by atoms with van der Waals surface area (Å²) in [5.74, 6) is 0.00710. The molecule has 0 aliphatic heterocycles. The molecule has 1 aromatic rings. The summed E-state index contributed by atoms with van der Waals surface area (Å²) >= 11 is 0. The van der Waals surface area contributed by atoms with Gasteiger partial charge in [0.15, 0.2) is 5.75 Å². The van der Waals surface area contributed by atoms with Crippen molar-refractivity contribution in [3.8, 4) is 5.75 Å². The third-order valence-corrected chi connectivity index (χ3v) is 3.93. The Kier molecular flexibility index (Phi) is 5.73. The number of ether oxygens (including phenoxy) is 2. The van der Waals surface area contributed by atoms with E-state index in [-0.39, 0.29) is 22.8 Å². The number of hydrogen-bond donors (Lipinski definition) is 0. The highest BCUT2D eigenvalue weighted by Gasteiger charge is 2.23. The Morgan fingerprint density at radius 1 is 1.35 bits per heavy atom. The number of hydrogen-bond acceptors (Lipinski definition) is 6. The summed E-state index contributed by atoms with van der Waals surface area (Å²) in [6, 6.07) is 2.20. The van der Waals surface area contributed by atoms with Gasteiger partial charge in [-0.1, -0.05) is 0 Å². The van der Waals surface area contributed by atoms with E-state index in [9.17, 15) is 18.5 Å². The van der Waals surface area contributed by atoms with Crippen molar-refractivity contribution in [1.82, 2.24) is 0 Å². The Hall–Kier alpha value is -1.38. The highest BCUT2D eigenvalue weighted by atomic mass is 35.7. The SMILES string of the molecule is COCCCOc1cc(C)c(S(=O)(=O)Cl)cc1[N+](=O)[O-]. The average Bonchev–Trinajstić information content (AvgIpc) is 2.32. The van der Waals surface area contributed by atoms with Crippen molar-refractivity contribution in [2.45, 2.75) is 18.2 Å². The molecule has 112 valence electrons. The van der Waals surface area contributed by atoms with E-state index in [1.165, 1.54) is 20.1 Å². The molecule has 0 N–H and O–H groups in total. The molecule has 0 aliphatic rings. The normalized spacial score (nSPS) is 11.3. The van der Waals surface area contributed by atoms with Crippen LogP contribution in [0.4, 0.5) is 5.69 Å². The van der Waals surface area contributed by atoms with Gasteiger partial charge in [-0.3, -0.25) is 10.1 Å². The van der Waals surface area contributed by atoms with Crippen molar-refractivity contribution in [3.05, 3.63) is 27.8 Å². The molecule has 9 heteroatoms. The second-order valence-corrected chi connectivity index (χ2v) is 6.51. The van der Waals surface area contributed by atoms with Crippen LogP contribution in [0, 0.1) is 17.0 Å². The molecule has 0 atom stereocenters. The van der Waals surface area contributed by atoms with E-state index < -0.39 is 19.7 Å². The summed E-state index contributed by atoms with van der Waals surface area (Å²) in [5, 5.41) is 11.0. The minimum Gasteiger partial charge on any atom is -0.487 e. The molecule has 1 rings (SSSR count). The number of halogens is 1. The molecule has 0 saturated carbocycles. The van der Waals surface area contributed by atoms with Crippen molar-refractivity contribution >= 4 is 25.4 Å². The fourth-order valence-corrected chi connectivity index (χ4v) is 2.75. The fraction of sp³-hybridized carbons (Fsp3) is 0.455. The average molecular weight is 324 g/mol. The topological polar surface area (TPSA) is 95.7 Å². The molecule has 0 unspecified atom stereocenters. The summed E-state index contributed by atoms with van der Waals surface area (Å²) in [7, 11) is 2.72. The lowest BCUT2D eigenvalue weighted by Crippen LogP contribution is -2.05. The van der Waals surface area contributed by atoms with Crippen LogP contribution < -0.4 is 4.74 Å². The van der Waals surface area contributed by atoms with Gasteiger partial charge in [0.25, 0.3) is 9.05 Å². The van der Waals surface area contributed by atoms with E-state index in [0.717, 1.165) is 6.07 Å². The van der Waals surface area contributed by atoms with Gasteiger partial charge < -0.3 is 9.47 Å². The number of aryl methyl sites for hydroxylation is 1. The number of rotatable bonds is 7. The molecule has 0 radical (unpaired) electrons. The van der Waals surface area contributed by atoms with E-state index in [0.29, 0.717) is 13.0 Å². The van der Waals surface area contributed by atoms with Crippen LogP contribution in [0.15, 0.2) is 17.0 Å². The van der Waals surface area contributed by atoms with Gasteiger partial charge in [-0.2, -0.15) is 0 Å². The smallest absolute Gasteiger partial charge is 0.312 e. The summed E-state index contributed by atoms with van der Waals surface area (Å²) in [6.45, 7) is 2.17. The molecule has 0 saturated heterocycles. The Balaban J connectivity index is 3.12. The minimum absolute atomic E-state index is 0.00710. The molecule has 0 spiro atoms. The molecule has 0 aromatic heterocycles. The lowest BCUT2D eigenvalue weighted by molar-refractivity contribution is -0.386. The van der Waals surface area contributed by atoms with Crippen molar-refractivity contribution in [1.29, 1.82) is 0 Å². The number of methoxy groups -OCH3 is 1. The molecule has 0 amide bonds. The van der Waals surface area contributed by atoms with Gasteiger partial charge in [0.1, 0.15) is 0 Å². The quantitative estimate of drug-likeness (QED) is 0.330. The van der Waals surface area contributed by atoms with Crippen LogP contribution in [0.1, 0.15) is 12.0 Å². The van der Waals surface area contributed by atoms with E-state index in [1.807, 2.05) is 0 Å². The number of nitro benzene ring substituents is 1. The minimum atomic E-state index is -4.04. The molecule has 0 heterocycles. The first-order chi connectivity index (χ1) is 9.27. The Morgan fingerprint density at radius 2 is 2.00 bits per heavy atom. The standard InChI is InChI=1S/C11H14ClNO6S/c1-8-6-10(19-5-3-4-18-2)9(13(14)15)7-11(8)20(12,16)17/h6-7H,3-5H2,1-2H3. The predicted molar refractivity (Wildman–Crippen MR) is 72.9 cm³/mol. The van der Waals surface area contributed by atoms with Crippen LogP contribution in [-0.4, -0.2) is 33.7 Å². The van der Waals surface area contributed by atoms with Gasteiger partial charge in [-0.05, 0) is 18.6 Å². The summed E-state index contributed by atoms with van der Waals surface area (Å²) < 4.78 is 32.8. The predicted octanol–water partition coefficient (Wildman–Crippen LogP) is 2.25. The van der Waals surface area contributed by atoms with Gasteiger partial charge >= 0.3 is 5.69 Å². The van der Waals surface area contributed by atoms with Gasteiger partial charge in [-0.25, -0.2) is 8.42 Å². The van der Waals surface area contributed by atoms with E-state index in [4.69, 9.17) is 20.2 Å². The number of nitrogens with zero attached hydrogens (tertiary/aromatic N) is 1. The molecule has 7 nitrogen and oxygen atoms in total. The first-order valence-corrected chi connectivity index (χ1v) is 7.93. The van der Waals surface area contributed by atoms with Crippen LogP contribution >= 0.6 is 10.7 Å². The molecule has 20 heavy (non-hydrogen) atoms. The van der Waals surface area contributed by atoms with Crippen LogP contribution in [-0.2, 0) is 13.8 Å². The zero-order chi connectivity index (χ0) is 15.3. The monoisotopic (exact) mass is 323 g/mol. The molecule has 1 aromatic carbocycles. The molecule has 0 bridgehead atoms. The largest absolute Gasteiger partial charge is 0.487 e. The van der Waals surface area contributed by atoms with Gasteiger partial charge in [-0.15, -0.1) is 0 Å². The summed E-state index contributed by atoms with van der Waals surface area (Å²) in [5.41, 5.74) is -0.153. The summed E-state index contributed by atoms with van der Waals surface area (Å²) in [4.78, 5) is 9.96. The highest BCUT2D eigenvalue weighted by Crippen LogP contribution is 2.33. The van der Waals surface area contributed by atoms with E-state index in [2.05, 4.69) is 0 Å². The Bertz CT molecular complexity index is 601. The first-order valence-electron chi connectivity index (χ1n) is 5.62. The van der Waals surface area contributed by atoms with Crippen molar-refractivity contribution in [3.63, 3.8) is 0 Å². The Labute approximate surface area is 121 Å². The van der Waals surface area contributed by atoms with E-state index in [1.54, 1.807) is 0 Å². The maximum Gasteiger partial charge on any atom is 0.312 e.